The molecular formula is C77H118N26O25S3. The molecule has 0 saturated heterocycles. The molecule has 7 unspecified atom stereocenters. The number of carbonyl (C=O) groups is 19. The Balaban J connectivity index is 2.07. The van der Waals surface area contributed by atoms with Gasteiger partial charge in [-0.2, -0.15) is 35.3 Å². The van der Waals surface area contributed by atoms with Crippen molar-refractivity contribution >= 4 is 166 Å². The van der Waals surface area contributed by atoms with E-state index < -0.39 is 285 Å². The largest absolute Gasteiger partial charge is 0.508 e. The Labute approximate surface area is 763 Å². The van der Waals surface area contributed by atoms with E-state index in [1.807, 2.05) is 0 Å². The van der Waals surface area contributed by atoms with Gasteiger partial charge in [0.15, 0.2) is 17.9 Å². The zero-order valence-corrected chi connectivity index (χ0v) is 74.6. The lowest BCUT2D eigenvalue weighted by Crippen LogP contribution is -2.62. The third-order valence-electron chi connectivity index (χ3n) is 19.2. The average molecular weight is 1900 g/mol. The van der Waals surface area contributed by atoms with Gasteiger partial charge in [0.2, 0.25) is 94.5 Å². The molecule has 0 aromatic heterocycles. The number of amides is 16. The third-order valence-corrected chi connectivity index (χ3v) is 22.5. The van der Waals surface area contributed by atoms with E-state index in [0.717, 1.165) is 42.2 Å². The minimum atomic E-state index is -2.18. The summed E-state index contributed by atoms with van der Waals surface area (Å²) in [6.45, 7) is -0.112. The third kappa shape index (κ3) is 41.9. The molecule has 16 amide bonds. The van der Waals surface area contributed by atoms with E-state index in [9.17, 15) is 112 Å². The van der Waals surface area contributed by atoms with Crippen LogP contribution in [0.3, 0.4) is 0 Å². The number of nitrogens with one attached hydrogen (secondary N) is 22. The molecule has 51 nitrogen and oxygen atoms in total. The molecule has 131 heavy (non-hydrogen) atoms. The van der Waals surface area contributed by atoms with Crippen LogP contribution in [0.25, 0.3) is 0 Å². The molecule has 2 heterocycles. The molecule has 2 aliphatic rings. The molecule has 4 bridgehead atoms. The van der Waals surface area contributed by atoms with E-state index in [2.05, 4.69) is 101 Å². The van der Waals surface area contributed by atoms with E-state index in [0.29, 0.717) is 16.7 Å². The van der Waals surface area contributed by atoms with Crippen molar-refractivity contribution in [3.8, 4) is 5.75 Å². The number of carbonyl (C=O) groups excluding carboxylic acids is 16. The molecule has 2 aromatic rings. The van der Waals surface area contributed by atoms with Gasteiger partial charge in [-0.25, -0.2) is 0 Å². The number of guanidine groups is 3. The Kier molecular flexibility index (Phi) is 48.0. The monoisotopic (exact) mass is 1900 g/mol. The number of phenols is 1. The van der Waals surface area contributed by atoms with E-state index in [4.69, 9.17) is 39.2 Å². The summed E-state index contributed by atoms with van der Waals surface area (Å²) in [5, 5.41) is 130. The first-order valence-corrected chi connectivity index (χ1v) is 44.6. The molecule has 0 saturated carbocycles. The maximum Gasteiger partial charge on any atom is 0.322 e. The van der Waals surface area contributed by atoms with Crippen LogP contribution >= 0.6 is 35.3 Å². The highest BCUT2D eigenvalue weighted by Crippen LogP contribution is 2.25. The summed E-state index contributed by atoms with van der Waals surface area (Å²) in [7, 11) is 0. The van der Waals surface area contributed by atoms with Crippen molar-refractivity contribution in [1.82, 2.24) is 101 Å². The number of hydrogen-bond acceptors (Lipinski definition) is 29. The minimum absolute atomic E-state index is 0.0109. The summed E-state index contributed by atoms with van der Waals surface area (Å²) >= 11 is 2.88. The number of aliphatic hydroxyl groups excluding tert-OH is 2. The first kappa shape index (κ1) is 110. The quantitative estimate of drug-likeness (QED) is 0.0224. The number of aliphatic hydroxyl groups is 2. The lowest BCUT2D eigenvalue weighted by Gasteiger charge is -2.29. The average Bonchev–Trinajstić information content (AvgIpc) is 0.934. The highest BCUT2D eigenvalue weighted by atomic mass is 32.2. The van der Waals surface area contributed by atoms with Crippen molar-refractivity contribution in [1.29, 1.82) is 16.2 Å². The molecule has 14 atom stereocenters. The number of aliphatic carboxylic acids is 3. The number of rotatable bonds is 27. The van der Waals surface area contributed by atoms with Gasteiger partial charge in [-0.3, -0.25) is 107 Å². The van der Waals surface area contributed by atoms with Crippen LogP contribution in [0.1, 0.15) is 108 Å². The number of aromatic hydroxyl groups is 1. The number of hydrogen-bond donors (Lipinski definition) is 32. The molecule has 0 radical (unpaired) electrons. The van der Waals surface area contributed by atoms with Gasteiger partial charge >= 0.3 is 17.9 Å². The predicted octanol–water partition coefficient (Wildman–Crippen LogP) is -10.8. The van der Waals surface area contributed by atoms with Crippen molar-refractivity contribution in [3.05, 3.63) is 64.7 Å². The Hall–Kier alpha value is -13.1. The molecule has 36 N–H and O–H groups in total. The Morgan fingerprint density at radius 1 is 0.458 bits per heavy atom. The van der Waals surface area contributed by atoms with Gasteiger partial charge < -0.3 is 155 Å². The molecule has 54 heteroatoms. The summed E-state index contributed by atoms with van der Waals surface area (Å²) in [5.74, 6) is -27.3. The van der Waals surface area contributed by atoms with Gasteiger partial charge in [0.25, 0.3) is 0 Å². The summed E-state index contributed by atoms with van der Waals surface area (Å²) in [5.41, 5.74) is 23.9. The van der Waals surface area contributed by atoms with Crippen LogP contribution in [-0.4, -0.2) is 315 Å². The highest BCUT2D eigenvalue weighted by molar-refractivity contribution is 7.99. The number of phenolic OH excluding ortho intramolecular Hbond substituents is 1. The lowest BCUT2D eigenvalue weighted by atomic mass is 10.0. The number of thioether (sulfide) groups is 3. The van der Waals surface area contributed by atoms with Crippen LogP contribution < -0.4 is 124 Å². The van der Waals surface area contributed by atoms with E-state index in [-0.39, 0.29) is 98.2 Å². The fraction of sp³-hybridized carbons (Fsp3) is 0.558. The van der Waals surface area contributed by atoms with E-state index in [1.165, 1.54) is 45.0 Å². The Bertz CT molecular complexity index is 4400. The molecule has 2 aromatic carbocycles. The minimum Gasteiger partial charge on any atom is -0.508 e. The predicted molar refractivity (Wildman–Crippen MR) is 473 cm³/mol. The second-order valence-electron chi connectivity index (χ2n) is 30.5. The zero-order valence-electron chi connectivity index (χ0n) is 72.1. The van der Waals surface area contributed by atoms with Crippen molar-refractivity contribution in [2.75, 3.05) is 69.7 Å². The van der Waals surface area contributed by atoms with Crippen LogP contribution in [0.2, 0.25) is 0 Å². The second-order valence-corrected chi connectivity index (χ2v) is 33.6. The molecule has 0 aliphatic carbocycles. The van der Waals surface area contributed by atoms with Crippen molar-refractivity contribution < 1.29 is 122 Å². The lowest BCUT2D eigenvalue weighted by molar-refractivity contribution is -0.142. The molecular weight excluding hydrogens is 1790 g/mol. The Morgan fingerprint density at radius 3 is 1.37 bits per heavy atom. The topological polar surface area (TPSA) is 850 Å². The van der Waals surface area contributed by atoms with Crippen LogP contribution in [-0.2, 0) is 115 Å². The maximum absolute atomic E-state index is 15.2. The first-order valence-electron chi connectivity index (χ1n) is 41.1. The van der Waals surface area contributed by atoms with Crippen LogP contribution in [0.15, 0.2) is 42.5 Å². The number of carboxylic acid groups (broad SMARTS) is 3. The van der Waals surface area contributed by atoms with Gasteiger partial charge in [0, 0.05) is 67.0 Å². The molecule has 724 valence electrons. The van der Waals surface area contributed by atoms with Gasteiger partial charge in [-0.1, -0.05) is 44.2 Å². The van der Waals surface area contributed by atoms with Crippen molar-refractivity contribution in [2.45, 2.75) is 194 Å². The zero-order chi connectivity index (χ0) is 97.7. The standard InChI is InChI=1S/C77H118N26O25S3/c1-36(2)60-74(128)98-49(24-58(111)112)69(123)102-54-35-131-32-42-21-40(30-129-33-52(65(119)90-27-59(113)114)101-62(116)38(4)91-70(124)50(28-104)93-56(108)26-88-63(117)44(8-5-17-85-75(79)80)92-55(107)25-89-64(118)45(94-72(54)126)9-6-18-86-76(81)82)20-41(22-42)31-130-34-53(100-61(115)37(3)78)73(127)99-51(29-105)71(125)95-46(10-7-19-87-77(83)84)66(120)97-48(23-39-11-13-43(106)14-12-39)68(122)96-47(67(121)103-60)15-16-57(109)110/h11-14,20-22,36-38,44-54,60,104-106H,5-10,15-19,23-35,78H2,1-4H3,(H,88,117)(H,89,118)(H,90,119)(H,91,124)(H,92,107)(H,93,108)(H,94,126)(H,95,125)(H,96,122)(H,97,120)(H,98,128)(H,99,127)(H,100,115)(H,101,116)(H,102,123)(H,103,121)(H,109,110)(H,111,112)(H,113,114)(H4,79,80,85)(H4,81,82,86)(H4,83,84,87)/t37-,38-,44?,45?,46?,47?,48?,49?,50-,51-,52-,53?,54-,60-/m0/s1. The molecule has 4 rings (SSSR count). The number of nitrogens with two attached hydrogens (primary N) is 4. The smallest absolute Gasteiger partial charge is 0.322 e. The van der Waals surface area contributed by atoms with Gasteiger partial charge in [0.05, 0.1) is 38.8 Å². The maximum atomic E-state index is 15.2. The first-order chi connectivity index (χ1) is 61.9. The van der Waals surface area contributed by atoms with Crippen molar-refractivity contribution in [2.24, 2.45) is 28.9 Å². The molecule has 0 spiro atoms. The van der Waals surface area contributed by atoms with Gasteiger partial charge in [-0.05, 0) is 99.1 Å². The van der Waals surface area contributed by atoms with E-state index >= 15 is 9.59 Å². The highest BCUT2D eigenvalue weighted by Gasteiger charge is 2.39. The van der Waals surface area contributed by atoms with Crippen molar-refractivity contribution in [3.63, 3.8) is 0 Å². The van der Waals surface area contributed by atoms with Crippen LogP contribution in [0.5, 0.6) is 5.75 Å². The number of benzene rings is 2. The van der Waals surface area contributed by atoms with Crippen LogP contribution in [0.4, 0.5) is 0 Å². The summed E-state index contributed by atoms with van der Waals surface area (Å²) < 4.78 is 0. The Morgan fingerprint density at radius 2 is 0.878 bits per heavy atom. The van der Waals surface area contributed by atoms with Crippen LogP contribution in [0, 0.1) is 22.1 Å². The molecule has 0 fully saturated rings. The summed E-state index contributed by atoms with van der Waals surface area (Å²) in [6.07, 6.45) is -4.39. The van der Waals surface area contributed by atoms with Gasteiger partial charge in [-0.15, -0.1) is 0 Å². The second kappa shape index (κ2) is 57.1. The molecule has 2 aliphatic heterocycles. The summed E-state index contributed by atoms with van der Waals surface area (Å²) in [4.78, 5) is 266. The summed E-state index contributed by atoms with van der Waals surface area (Å²) in [6, 6.07) is -14.3. The fourth-order valence-corrected chi connectivity index (χ4v) is 15.3. The van der Waals surface area contributed by atoms with E-state index in [1.54, 1.807) is 18.2 Å². The van der Waals surface area contributed by atoms with Gasteiger partial charge in [0.1, 0.15) is 90.8 Å². The number of fused-ring (bicyclic) bond motifs is 5. The normalized spacial score (nSPS) is 23.5. The fourth-order valence-electron chi connectivity index (χ4n) is 12.3. The number of carboxylic acids is 3. The SMILES string of the molecule is CC(C)[C@@H]1NC(=O)C(CCC(=O)O)NC(=O)C(Cc2ccc(O)cc2)NC(=O)C(CCCNC(=N)N)NC(=O)[C@H](CO)NC(=O)C(NC(=O)[C@H](C)N)CSCc2cc3cc(c2)CSC[C@@H](C(=O)NCC(=O)O)NC(=O)[C@H](C)NC(=O)[C@H](CO)NC(=O)CNC(=O)C(CCCNC(=N)N)NC(=O)CNC(=O)C(CCCNC(=N)N)NC(=O)[C@H](CSC3)NC(=O)C(CC(=O)O)NC1=O.